The summed E-state index contributed by atoms with van der Waals surface area (Å²) in [5.74, 6) is 0.507. The van der Waals surface area contributed by atoms with Gasteiger partial charge in [0.1, 0.15) is 11.4 Å². The normalized spacial score (nSPS) is 13.8. The van der Waals surface area contributed by atoms with Crippen LogP contribution in [0, 0.1) is 0 Å². The first kappa shape index (κ1) is 20.9. The number of benzene rings is 1. The third kappa shape index (κ3) is 6.07. The Balaban J connectivity index is 2.80. The van der Waals surface area contributed by atoms with Gasteiger partial charge >= 0.3 is 0 Å². The highest BCUT2D eigenvalue weighted by molar-refractivity contribution is 7.92. The molecule has 0 radical (unpaired) electrons. The Morgan fingerprint density at radius 3 is 1.83 bits per heavy atom. The molecule has 6 nitrogen and oxygen atoms in total. The number of rotatable bonds is 7. The topological polar surface area (TPSA) is 86.7 Å². The van der Waals surface area contributed by atoms with Crippen LogP contribution in [-0.4, -0.2) is 40.0 Å². The van der Waals surface area contributed by atoms with E-state index in [1.807, 2.05) is 0 Å². The second-order valence-corrected chi connectivity index (χ2v) is 11.6. The van der Waals surface area contributed by atoms with Crippen LogP contribution in [0.3, 0.4) is 0 Å². The molecule has 0 fully saturated rings. The molecule has 0 amide bonds. The summed E-state index contributed by atoms with van der Waals surface area (Å²) in [6, 6.07) is 6.22. The van der Waals surface area contributed by atoms with Crippen LogP contribution >= 0.6 is 0 Å². The van der Waals surface area contributed by atoms with E-state index in [0.29, 0.717) is 12.2 Å². The quantitative estimate of drug-likeness (QED) is 0.678. The van der Waals surface area contributed by atoms with Gasteiger partial charge in [-0.25, -0.2) is 8.42 Å². The van der Waals surface area contributed by atoms with Crippen LogP contribution in [0.5, 0.6) is 5.75 Å². The lowest BCUT2D eigenvalue weighted by Gasteiger charge is -2.26. The fourth-order valence-electron chi connectivity index (χ4n) is 1.85. The molecule has 0 aromatic heterocycles. The summed E-state index contributed by atoms with van der Waals surface area (Å²) in [4.78, 5) is 0.237. The average Bonchev–Trinajstić information content (AvgIpc) is 2.35. The molecule has 0 heterocycles. The lowest BCUT2D eigenvalue weighted by molar-refractivity contribution is 0.0824. The van der Waals surface area contributed by atoms with Crippen molar-refractivity contribution in [3.8, 4) is 5.75 Å². The van der Waals surface area contributed by atoms with Crippen LogP contribution in [0.2, 0.25) is 0 Å². The Labute approximate surface area is 145 Å². The van der Waals surface area contributed by atoms with Crippen molar-refractivity contribution in [3.63, 3.8) is 0 Å². The van der Waals surface area contributed by atoms with Crippen LogP contribution in [0.1, 0.15) is 41.0 Å². The van der Waals surface area contributed by atoms with Gasteiger partial charge < -0.3 is 4.74 Å². The molecule has 0 N–H and O–H groups in total. The molecule has 0 aliphatic heterocycles. The van der Waals surface area contributed by atoms with E-state index in [-0.39, 0.29) is 11.5 Å². The molecule has 0 atom stereocenters. The standard InChI is InChI=1S/C16H26O6S2/c1-15(2,3)24(19,20)14-9-7-13(8-10-14)22-16(4,5)11-12-21-23(6,17)18/h7-10H,11-12H2,1-6H3. The van der Waals surface area contributed by atoms with E-state index < -0.39 is 30.3 Å². The monoisotopic (exact) mass is 378 g/mol. The first-order valence-corrected chi connectivity index (χ1v) is 10.8. The van der Waals surface area contributed by atoms with Crippen molar-refractivity contribution >= 4 is 20.0 Å². The van der Waals surface area contributed by atoms with E-state index in [2.05, 4.69) is 0 Å². The molecule has 1 aromatic rings. The van der Waals surface area contributed by atoms with E-state index >= 15 is 0 Å². The van der Waals surface area contributed by atoms with Gasteiger partial charge in [0.05, 0.1) is 22.5 Å². The van der Waals surface area contributed by atoms with Crippen LogP contribution in [0.15, 0.2) is 29.2 Å². The maximum atomic E-state index is 12.4. The Kier molecular flexibility index (Phi) is 6.11. The molecule has 0 spiro atoms. The van der Waals surface area contributed by atoms with Crippen LogP contribution < -0.4 is 4.74 Å². The van der Waals surface area contributed by atoms with Crippen molar-refractivity contribution < 1.29 is 25.8 Å². The molecule has 8 heteroatoms. The lowest BCUT2D eigenvalue weighted by atomic mass is 10.1. The highest BCUT2D eigenvalue weighted by atomic mass is 32.2. The molecule has 0 aliphatic carbocycles. The number of hydrogen-bond donors (Lipinski definition) is 0. The van der Waals surface area contributed by atoms with Crippen LogP contribution in [-0.2, 0) is 24.1 Å². The Morgan fingerprint density at radius 1 is 0.917 bits per heavy atom. The first-order chi connectivity index (χ1) is 10.6. The minimum atomic E-state index is -3.48. The van der Waals surface area contributed by atoms with Gasteiger partial charge in [-0.3, -0.25) is 4.18 Å². The van der Waals surface area contributed by atoms with Gasteiger partial charge in [0.15, 0.2) is 9.84 Å². The molecule has 24 heavy (non-hydrogen) atoms. The van der Waals surface area contributed by atoms with Gasteiger partial charge in [0.2, 0.25) is 0 Å². The van der Waals surface area contributed by atoms with Gasteiger partial charge in [-0.15, -0.1) is 0 Å². The summed E-state index contributed by atoms with van der Waals surface area (Å²) < 4.78 is 56.3. The second-order valence-electron chi connectivity index (χ2n) is 7.23. The van der Waals surface area contributed by atoms with E-state index in [4.69, 9.17) is 8.92 Å². The summed E-state index contributed by atoms with van der Waals surface area (Å²) >= 11 is 0. The van der Waals surface area contributed by atoms with Gasteiger partial charge in [-0.05, 0) is 58.9 Å². The summed E-state index contributed by atoms with van der Waals surface area (Å²) in [5.41, 5.74) is -0.658. The fourth-order valence-corrected chi connectivity index (χ4v) is 3.44. The zero-order valence-electron chi connectivity index (χ0n) is 15.0. The van der Waals surface area contributed by atoms with Crippen molar-refractivity contribution in [2.45, 2.75) is 56.3 Å². The zero-order valence-corrected chi connectivity index (χ0v) is 16.6. The predicted octanol–water partition coefficient (Wildman–Crippen LogP) is 2.78. The predicted molar refractivity (Wildman–Crippen MR) is 93.5 cm³/mol. The summed E-state index contributed by atoms with van der Waals surface area (Å²) in [7, 11) is -6.89. The van der Waals surface area contributed by atoms with Crippen molar-refractivity contribution in [2.24, 2.45) is 0 Å². The molecule has 0 aliphatic rings. The maximum absolute atomic E-state index is 12.4. The van der Waals surface area contributed by atoms with Gasteiger partial charge in [0.25, 0.3) is 10.1 Å². The Bertz CT molecular complexity index is 754. The SMILES string of the molecule is CC(C)(CCOS(C)(=O)=O)Oc1ccc(S(=O)(=O)C(C)(C)C)cc1. The molecular formula is C16H26O6S2. The van der Waals surface area contributed by atoms with Crippen LogP contribution in [0.4, 0.5) is 0 Å². The smallest absolute Gasteiger partial charge is 0.264 e. The van der Waals surface area contributed by atoms with Gasteiger partial charge in [0, 0.05) is 6.42 Å². The third-order valence-corrected chi connectivity index (χ3v) is 6.44. The second kappa shape index (κ2) is 7.01. The molecule has 138 valence electrons. The maximum Gasteiger partial charge on any atom is 0.264 e. The van der Waals surface area contributed by atoms with E-state index in [1.54, 1.807) is 46.8 Å². The zero-order chi connectivity index (χ0) is 18.8. The van der Waals surface area contributed by atoms with Crippen molar-refractivity contribution in [1.82, 2.24) is 0 Å². The van der Waals surface area contributed by atoms with E-state index in [0.717, 1.165) is 6.26 Å². The van der Waals surface area contributed by atoms with Gasteiger partial charge in [-0.2, -0.15) is 8.42 Å². The fraction of sp³-hybridized carbons (Fsp3) is 0.625. The minimum Gasteiger partial charge on any atom is -0.488 e. The number of hydrogen-bond acceptors (Lipinski definition) is 6. The summed E-state index contributed by atoms with van der Waals surface area (Å²) in [5, 5.41) is 0. The van der Waals surface area contributed by atoms with Crippen molar-refractivity contribution in [3.05, 3.63) is 24.3 Å². The lowest BCUT2D eigenvalue weighted by Crippen LogP contribution is -2.30. The van der Waals surface area contributed by atoms with Gasteiger partial charge in [-0.1, -0.05) is 0 Å². The van der Waals surface area contributed by atoms with Crippen LogP contribution in [0.25, 0.3) is 0 Å². The number of ether oxygens (including phenoxy) is 1. The molecule has 0 saturated heterocycles. The number of sulfone groups is 1. The van der Waals surface area contributed by atoms with E-state index in [1.165, 1.54) is 12.1 Å². The third-order valence-electron chi connectivity index (χ3n) is 3.34. The average molecular weight is 379 g/mol. The molecular weight excluding hydrogens is 352 g/mol. The van der Waals surface area contributed by atoms with E-state index in [9.17, 15) is 16.8 Å². The summed E-state index contributed by atoms with van der Waals surface area (Å²) in [6.45, 7) is 8.58. The first-order valence-electron chi connectivity index (χ1n) is 7.52. The molecule has 0 unspecified atom stereocenters. The summed E-state index contributed by atoms with van der Waals surface area (Å²) in [6.07, 6.45) is 1.36. The van der Waals surface area contributed by atoms with Crippen molar-refractivity contribution in [1.29, 1.82) is 0 Å². The Morgan fingerprint density at radius 2 is 1.42 bits per heavy atom. The minimum absolute atomic E-state index is 0.0162. The Hall–Kier alpha value is -1.12. The molecule has 1 aromatic carbocycles. The van der Waals surface area contributed by atoms with Crippen molar-refractivity contribution in [2.75, 3.05) is 12.9 Å². The highest BCUT2D eigenvalue weighted by Crippen LogP contribution is 2.28. The molecule has 1 rings (SSSR count). The molecule has 0 saturated carbocycles. The largest absolute Gasteiger partial charge is 0.488 e. The highest BCUT2D eigenvalue weighted by Gasteiger charge is 2.31. The molecule has 0 bridgehead atoms.